The first-order valence-electron chi connectivity index (χ1n) is 9.03. The maximum absolute atomic E-state index is 12.8. The Morgan fingerprint density at radius 3 is 2.54 bits per heavy atom. The van der Waals surface area contributed by atoms with Gasteiger partial charge >= 0.3 is 5.97 Å². The van der Waals surface area contributed by atoms with Crippen LogP contribution in [0.5, 0.6) is 0 Å². The van der Waals surface area contributed by atoms with Gasteiger partial charge in [0.25, 0.3) is 5.91 Å². The van der Waals surface area contributed by atoms with Crippen molar-refractivity contribution < 1.29 is 14.7 Å². The van der Waals surface area contributed by atoms with E-state index >= 15 is 0 Å². The van der Waals surface area contributed by atoms with Gasteiger partial charge in [-0.15, -0.1) is 0 Å². The molecule has 0 unspecified atom stereocenters. The summed E-state index contributed by atoms with van der Waals surface area (Å²) in [6, 6.07) is 9.73. The minimum absolute atomic E-state index is 0.0222. The van der Waals surface area contributed by atoms with Crippen LogP contribution >= 0.6 is 0 Å². The topological polar surface area (TPSA) is 75.4 Å². The molecule has 3 rings (SSSR count). The summed E-state index contributed by atoms with van der Waals surface area (Å²) in [5, 5.41) is 13.4. The summed E-state index contributed by atoms with van der Waals surface area (Å²) in [6.45, 7) is 5.88. The molecule has 1 aliphatic rings. The average Bonchev–Trinajstić information content (AvgIpc) is 2.92. The standard InChI is InChI=1S/C20H25N3O3/c1-14-10-15(2)23(21-14)13-17-4-3-5-18(11-17)20(26)22-8-6-16(7-9-22)12-19(24)25/h3-5,10-11,16H,6-9,12-13H2,1-2H3,(H,24,25). The minimum Gasteiger partial charge on any atom is -0.481 e. The fourth-order valence-electron chi connectivity index (χ4n) is 3.58. The van der Waals surface area contributed by atoms with E-state index in [0.29, 0.717) is 25.2 Å². The maximum Gasteiger partial charge on any atom is 0.303 e. The quantitative estimate of drug-likeness (QED) is 0.895. The highest BCUT2D eigenvalue weighted by molar-refractivity contribution is 5.94. The Morgan fingerprint density at radius 1 is 1.19 bits per heavy atom. The molecule has 1 fully saturated rings. The van der Waals surface area contributed by atoms with Crippen LogP contribution in [-0.4, -0.2) is 44.8 Å². The van der Waals surface area contributed by atoms with Crippen molar-refractivity contribution in [1.29, 1.82) is 0 Å². The molecule has 0 spiro atoms. The number of benzene rings is 1. The van der Waals surface area contributed by atoms with E-state index < -0.39 is 5.97 Å². The molecule has 1 aliphatic heterocycles. The zero-order valence-electron chi connectivity index (χ0n) is 15.3. The van der Waals surface area contributed by atoms with Crippen LogP contribution in [-0.2, 0) is 11.3 Å². The van der Waals surface area contributed by atoms with Gasteiger partial charge in [-0.2, -0.15) is 5.10 Å². The van der Waals surface area contributed by atoms with Crippen molar-refractivity contribution in [2.75, 3.05) is 13.1 Å². The van der Waals surface area contributed by atoms with E-state index in [-0.39, 0.29) is 18.2 Å². The summed E-state index contributed by atoms with van der Waals surface area (Å²) in [4.78, 5) is 25.5. The van der Waals surface area contributed by atoms with Crippen LogP contribution < -0.4 is 0 Å². The van der Waals surface area contributed by atoms with Gasteiger partial charge in [-0.3, -0.25) is 14.3 Å². The van der Waals surface area contributed by atoms with Crippen LogP contribution in [0.3, 0.4) is 0 Å². The molecule has 1 N–H and O–H groups in total. The molecule has 0 atom stereocenters. The molecule has 1 amide bonds. The lowest BCUT2D eigenvalue weighted by molar-refractivity contribution is -0.138. The van der Waals surface area contributed by atoms with Gasteiger partial charge in [-0.25, -0.2) is 0 Å². The molecule has 1 aromatic heterocycles. The van der Waals surface area contributed by atoms with Gasteiger partial charge in [0.15, 0.2) is 0 Å². The summed E-state index contributed by atoms with van der Waals surface area (Å²) in [7, 11) is 0. The zero-order valence-corrected chi connectivity index (χ0v) is 15.3. The van der Waals surface area contributed by atoms with E-state index in [9.17, 15) is 9.59 Å². The van der Waals surface area contributed by atoms with Gasteiger partial charge in [-0.05, 0) is 56.4 Å². The van der Waals surface area contributed by atoms with Crippen molar-refractivity contribution in [3.8, 4) is 0 Å². The molecule has 0 radical (unpaired) electrons. The highest BCUT2D eigenvalue weighted by Gasteiger charge is 2.25. The van der Waals surface area contributed by atoms with Gasteiger partial charge in [0.05, 0.1) is 12.2 Å². The van der Waals surface area contributed by atoms with Crippen LogP contribution in [0.2, 0.25) is 0 Å². The lowest BCUT2D eigenvalue weighted by Crippen LogP contribution is -2.38. The third-order valence-electron chi connectivity index (χ3n) is 4.97. The van der Waals surface area contributed by atoms with Crippen molar-refractivity contribution in [3.05, 3.63) is 52.8 Å². The lowest BCUT2D eigenvalue weighted by Gasteiger charge is -2.31. The fraction of sp³-hybridized carbons (Fsp3) is 0.450. The largest absolute Gasteiger partial charge is 0.481 e. The van der Waals surface area contributed by atoms with Crippen molar-refractivity contribution in [3.63, 3.8) is 0 Å². The Kier molecular flexibility index (Phi) is 5.40. The Bertz CT molecular complexity index is 804. The Balaban J connectivity index is 1.65. The molecule has 138 valence electrons. The first kappa shape index (κ1) is 18.2. The number of nitrogens with zero attached hydrogens (tertiary/aromatic N) is 3. The predicted octanol–water partition coefficient (Wildman–Crippen LogP) is 2.88. The molecular weight excluding hydrogens is 330 g/mol. The van der Waals surface area contributed by atoms with Crippen molar-refractivity contribution in [1.82, 2.24) is 14.7 Å². The molecule has 6 nitrogen and oxygen atoms in total. The molecule has 1 aromatic carbocycles. The van der Waals surface area contributed by atoms with Crippen LogP contribution in [0.25, 0.3) is 0 Å². The smallest absolute Gasteiger partial charge is 0.303 e. The fourth-order valence-corrected chi connectivity index (χ4v) is 3.58. The normalized spacial score (nSPS) is 15.2. The van der Waals surface area contributed by atoms with Crippen molar-refractivity contribution in [2.24, 2.45) is 5.92 Å². The average molecular weight is 355 g/mol. The second-order valence-electron chi connectivity index (χ2n) is 7.12. The number of carbonyl (C=O) groups excluding carboxylic acids is 1. The second kappa shape index (κ2) is 7.72. The number of aromatic nitrogens is 2. The molecule has 0 bridgehead atoms. The van der Waals surface area contributed by atoms with Crippen molar-refractivity contribution >= 4 is 11.9 Å². The number of carboxylic acids is 1. The van der Waals surface area contributed by atoms with Gasteiger partial charge in [-0.1, -0.05) is 12.1 Å². The highest BCUT2D eigenvalue weighted by Crippen LogP contribution is 2.22. The number of hydrogen-bond acceptors (Lipinski definition) is 3. The number of carboxylic acid groups (broad SMARTS) is 1. The molecule has 6 heteroatoms. The number of likely N-dealkylation sites (tertiary alicyclic amines) is 1. The van der Waals surface area contributed by atoms with Crippen LogP contribution in [0.15, 0.2) is 30.3 Å². The summed E-state index contributed by atoms with van der Waals surface area (Å²) < 4.78 is 1.94. The van der Waals surface area contributed by atoms with E-state index in [1.165, 1.54) is 0 Å². The molecule has 26 heavy (non-hydrogen) atoms. The Labute approximate surface area is 153 Å². The van der Waals surface area contributed by atoms with Gasteiger partial charge in [0, 0.05) is 30.8 Å². The summed E-state index contributed by atoms with van der Waals surface area (Å²) in [6.07, 6.45) is 1.70. The number of aryl methyl sites for hydroxylation is 2. The summed E-state index contributed by atoms with van der Waals surface area (Å²) >= 11 is 0. The number of piperidine rings is 1. The van der Waals surface area contributed by atoms with E-state index in [4.69, 9.17) is 5.11 Å². The first-order valence-corrected chi connectivity index (χ1v) is 9.03. The van der Waals surface area contributed by atoms with E-state index in [1.807, 2.05) is 53.8 Å². The van der Waals surface area contributed by atoms with Crippen LogP contribution in [0, 0.1) is 19.8 Å². The van der Waals surface area contributed by atoms with Gasteiger partial charge in [0.1, 0.15) is 0 Å². The van der Waals surface area contributed by atoms with E-state index in [2.05, 4.69) is 5.10 Å². The van der Waals surface area contributed by atoms with Gasteiger partial charge in [0.2, 0.25) is 0 Å². The molecule has 1 saturated heterocycles. The van der Waals surface area contributed by atoms with Gasteiger partial charge < -0.3 is 10.0 Å². The zero-order chi connectivity index (χ0) is 18.7. The maximum atomic E-state index is 12.8. The van der Waals surface area contributed by atoms with E-state index in [0.717, 1.165) is 29.8 Å². The Hall–Kier alpha value is -2.63. The first-order chi connectivity index (χ1) is 12.4. The third-order valence-corrected chi connectivity index (χ3v) is 4.97. The number of hydrogen-bond donors (Lipinski definition) is 1. The molecule has 0 aliphatic carbocycles. The highest BCUT2D eigenvalue weighted by atomic mass is 16.4. The second-order valence-corrected chi connectivity index (χ2v) is 7.12. The minimum atomic E-state index is -0.758. The predicted molar refractivity (Wildman–Crippen MR) is 98.1 cm³/mol. The molecule has 2 aromatic rings. The van der Waals surface area contributed by atoms with E-state index in [1.54, 1.807) is 0 Å². The van der Waals surface area contributed by atoms with Crippen LogP contribution in [0.1, 0.15) is 46.6 Å². The summed E-state index contributed by atoms with van der Waals surface area (Å²) in [5.74, 6) is -0.561. The lowest BCUT2D eigenvalue weighted by atomic mass is 9.93. The molecule has 2 heterocycles. The van der Waals surface area contributed by atoms with Crippen molar-refractivity contribution in [2.45, 2.75) is 39.7 Å². The third kappa shape index (κ3) is 4.31. The summed E-state index contributed by atoms with van der Waals surface area (Å²) in [5.41, 5.74) is 3.81. The monoisotopic (exact) mass is 355 g/mol. The Morgan fingerprint density at radius 2 is 1.92 bits per heavy atom. The molecular formula is C20H25N3O3. The van der Waals surface area contributed by atoms with Crippen LogP contribution in [0.4, 0.5) is 0 Å². The number of carbonyl (C=O) groups is 2. The SMILES string of the molecule is Cc1cc(C)n(Cc2cccc(C(=O)N3CCC(CC(=O)O)CC3)c2)n1. The number of amides is 1. The molecule has 0 saturated carbocycles. The number of aliphatic carboxylic acids is 1. The number of rotatable bonds is 5.